The van der Waals surface area contributed by atoms with E-state index in [0.29, 0.717) is 5.69 Å². The number of sulfonamides is 1. The van der Waals surface area contributed by atoms with E-state index in [1.54, 1.807) is 11.4 Å². The first-order chi connectivity index (χ1) is 10.8. The summed E-state index contributed by atoms with van der Waals surface area (Å²) in [6, 6.07) is 8.97. The van der Waals surface area contributed by atoms with Gasteiger partial charge in [-0.25, -0.2) is 13.6 Å². The second kappa shape index (κ2) is 7.06. The number of hydrogen-bond acceptors (Lipinski definition) is 5. The van der Waals surface area contributed by atoms with Gasteiger partial charge in [0.25, 0.3) is 5.91 Å². The summed E-state index contributed by atoms with van der Waals surface area (Å²) in [7, 11) is -3.79. The summed E-state index contributed by atoms with van der Waals surface area (Å²) in [6.45, 7) is 0. The highest BCUT2D eigenvalue weighted by atomic mass is 79.9. The van der Waals surface area contributed by atoms with Crippen molar-refractivity contribution < 1.29 is 13.2 Å². The normalized spacial score (nSPS) is 11.8. The number of amides is 1. The van der Waals surface area contributed by atoms with Crippen LogP contribution >= 0.6 is 27.3 Å². The number of hydrogen-bond donors (Lipinski definition) is 2. The minimum Gasteiger partial charge on any atom is -0.321 e. The van der Waals surface area contributed by atoms with Crippen LogP contribution in [0.15, 0.2) is 50.0 Å². The van der Waals surface area contributed by atoms with Crippen LogP contribution in [0.25, 0.3) is 6.08 Å². The number of carbonyl (C=O) groups excluding carboxylic acids is 1. The molecule has 6 nitrogen and oxygen atoms in total. The summed E-state index contributed by atoms with van der Waals surface area (Å²) in [6.07, 6.45) is 1.47. The van der Waals surface area contributed by atoms with Crippen molar-refractivity contribution in [1.82, 2.24) is 0 Å². The van der Waals surface area contributed by atoms with Gasteiger partial charge < -0.3 is 5.32 Å². The van der Waals surface area contributed by atoms with Gasteiger partial charge in [0.2, 0.25) is 10.0 Å². The molecule has 9 heteroatoms. The van der Waals surface area contributed by atoms with Gasteiger partial charge in [-0.3, -0.25) is 4.79 Å². The number of nitrogens with two attached hydrogens (primary N) is 1. The van der Waals surface area contributed by atoms with Gasteiger partial charge in [0, 0.05) is 5.69 Å². The molecule has 1 aromatic carbocycles. The lowest BCUT2D eigenvalue weighted by atomic mass is 10.2. The zero-order valence-corrected chi connectivity index (χ0v) is 14.7. The Bertz CT molecular complexity index is 909. The Kier molecular flexibility index (Phi) is 5.33. The Hall–Kier alpha value is -1.99. The van der Waals surface area contributed by atoms with Gasteiger partial charge in [-0.15, -0.1) is 11.3 Å². The van der Waals surface area contributed by atoms with E-state index < -0.39 is 15.9 Å². The first-order valence-corrected chi connectivity index (χ1v) is 9.31. The molecule has 0 atom stereocenters. The first kappa shape index (κ1) is 17.4. The number of anilines is 1. The van der Waals surface area contributed by atoms with Crippen LogP contribution in [0.1, 0.15) is 5.56 Å². The standard InChI is InChI=1S/C14H10BrN3O3S2/c15-13-6-9(8-22-13)5-10(7-16)14(19)18-11-1-3-12(4-2-11)23(17,20)21/h1-6,8H,(H,18,19)(H2,17,20,21)/b10-5+. The summed E-state index contributed by atoms with van der Waals surface area (Å²) >= 11 is 4.74. The van der Waals surface area contributed by atoms with E-state index in [9.17, 15) is 13.2 Å². The highest BCUT2D eigenvalue weighted by Crippen LogP contribution is 2.22. The van der Waals surface area contributed by atoms with Crippen LogP contribution in [0.4, 0.5) is 5.69 Å². The van der Waals surface area contributed by atoms with Gasteiger partial charge in [-0.2, -0.15) is 5.26 Å². The smallest absolute Gasteiger partial charge is 0.266 e. The molecule has 3 N–H and O–H groups in total. The van der Waals surface area contributed by atoms with E-state index in [2.05, 4.69) is 21.2 Å². The predicted molar refractivity (Wildman–Crippen MR) is 92.1 cm³/mol. The largest absolute Gasteiger partial charge is 0.321 e. The third kappa shape index (κ3) is 4.74. The number of thiophene rings is 1. The number of nitrogens with zero attached hydrogens (tertiary/aromatic N) is 1. The maximum atomic E-state index is 12.1. The maximum absolute atomic E-state index is 12.1. The second-order valence-corrected chi connectivity index (χ2v) is 8.23. The first-order valence-electron chi connectivity index (χ1n) is 6.09. The molecular weight excluding hydrogens is 402 g/mol. The van der Waals surface area contributed by atoms with Crippen LogP contribution in [-0.2, 0) is 14.8 Å². The van der Waals surface area contributed by atoms with Crippen molar-refractivity contribution in [2.24, 2.45) is 5.14 Å². The molecule has 0 aliphatic rings. The molecule has 0 spiro atoms. The Morgan fingerprint density at radius 3 is 2.48 bits per heavy atom. The molecule has 1 aromatic heterocycles. The molecule has 0 aliphatic heterocycles. The molecule has 1 heterocycles. The van der Waals surface area contributed by atoms with Gasteiger partial charge in [-0.1, -0.05) is 0 Å². The molecule has 0 radical (unpaired) electrons. The summed E-state index contributed by atoms with van der Waals surface area (Å²) in [4.78, 5) is 12.0. The van der Waals surface area contributed by atoms with Gasteiger partial charge in [0.15, 0.2) is 0 Å². The average molecular weight is 412 g/mol. The van der Waals surface area contributed by atoms with E-state index >= 15 is 0 Å². The molecule has 118 valence electrons. The Balaban J connectivity index is 2.17. The minimum absolute atomic E-state index is 0.0605. The fourth-order valence-electron chi connectivity index (χ4n) is 1.64. The van der Waals surface area contributed by atoms with Gasteiger partial charge in [0.05, 0.1) is 8.68 Å². The maximum Gasteiger partial charge on any atom is 0.266 e. The minimum atomic E-state index is -3.79. The Labute approximate surface area is 145 Å². The second-order valence-electron chi connectivity index (χ2n) is 4.38. The van der Waals surface area contributed by atoms with Crippen LogP contribution < -0.4 is 10.5 Å². The van der Waals surface area contributed by atoms with Crippen LogP contribution in [0.2, 0.25) is 0 Å². The predicted octanol–water partition coefficient (Wildman–Crippen LogP) is 2.70. The lowest BCUT2D eigenvalue weighted by Gasteiger charge is -2.05. The molecule has 1 amide bonds. The lowest BCUT2D eigenvalue weighted by molar-refractivity contribution is -0.112. The molecule has 0 fully saturated rings. The summed E-state index contributed by atoms with van der Waals surface area (Å²) in [5.41, 5.74) is 1.03. The quantitative estimate of drug-likeness (QED) is 0.594. The highest BCUT2D eigenvalue weighted by molar-refractivity contribution is 9.11. The number of rotatable bonds is 4. The van der Waals surface area contributed by atoms with Gasteiger partial charge in [-0.05, 0) is 63.3 Å². The average Bonchev–Trinajstić information content (AvgIpc) is 2.89. The van der Waals surface area contributed by atoms with E-state index in [-0.39, 0.29) is 10.5 Å². The molecule has 2 rings (SSSR count). The SMILES string of the molecule is N#C/C(=C\c1csc(Br)c1)C(=O)Nc1ccc(S(N)(=O)=O)cc1. The number of nitriles is 1. The van der Waals surface area contributed by atoms with Crippen molar-refractivity contribution in [3.05, 3.63) is 50.6 Å². The van der Waals surface area contributed by atoms with Gasteiger partial charge >= 0.3 is 0 Å². The lowest BCUT2D eigenvalue weighted by Crippen LogP contribution is -2.14. The van der Waals surface area contributed by atoms with E-state index in [1.165, 1.54) is 41.7 Å². The van der Waals surface area contributed by atoms with Crippen molar-refractivity contribution in [3.8, 4) is 6.07 Å². The van der Waals surface area contributed by atoms with E-state index in [0.717, 1.165) is 9.35 Å². The number of benzene rings is 1. The number of carbonyl (C=O) groups is 1. The zero-order chi connectivity index (χ0) is 17.0. The number of halogens is 1. The molecule has 0 aliphatic carbocycles. The fraction of sp³-hybridized carbons (Fsp3) is 0. The summed E-state index contributed by atoms with van der Waals surface area (Å²) in [5, 5.41) is 18.4. The van der Waals surface area contributed by atoms with Crippen molar-refractivity contribution in [3.63, 3.8) is 0 Å². The summed E-state index contributed by atoms with van der Waals surface area (Å²) < 4.78 is 23.2. The Morgan fingerprint density at radius 1 is 1.35 bits per heavy atom. The summed E-state index contributed by atoms with van der Waals surface area (Å²) in [5.74, 6) is -0.585. The van der Waals surface area contributed by atoms with Gasteiger partial charge in [0.1, 0.15) is 11.6 Å². The van der Waals surface area contributed by atoms with Crippen LogP contribution in [0.5, 0.6) is 0 Å². The molecule has 0 bridgehead atoms. The van der Waals surface area contributed by atoms with Crippen LogP contribution in [0.3, 0.4) is 0 Å². The highest BCUT2D eigenvalue weighted by Gasteiger charge is 2.11. The van der Waals surface area contributed by atoms with Crippen molar-refractivity contribution >= 4 is 55.0 Å². The number of nitrogens with one attached hydrogen (secondary N) is 1. The van der Waals surface area contributed by atoms with Crippen molar-refractivity contribution in [2.45, 2.75) is 4.90 Å². The third-order valence-electron chi connectivity index (χ3n) is 2.70. The van der Waals surface area contributed by atoms with Crippen molar-refractivity contribution in [2.75, 3.05) is 5.32 Å². The molecular formula is C14H10BrN3O3S2. The zero-order valence-electron chi connectivity index (χ0n) is 11.5. The molecule has 23 heavy (non-hydrogen) atoms. The topological polar surface area (TPSA) is 113 Å². The molecule has 0 saturated carbocycles. The monoisotopic (exact) mass is 411 g/mol. The third-order valence-corrected chi connectivity index (χ3v) is 5.16. The van der Waals surface area contributed by atoms with E-state index in [4.69, 9.17) is 10.4 Å². The fourth-order valence-corrected chi connectivity index (χ4v) is 3.29. The van der Waals surface area contributed by atoms with E-state index in [1.807, 2.05) is 6.07 Å². The van der Waals surface area contributed by atoms with Crippen LogP contribution in [-0.4, -0.2) is 14.3 Å². The number of primary sulfonamides is 1. The molecule has 2 aromatic rings. The molecule has 0 unspecified atom stereocenters. The molecule has 0 saturated heterocycles. The van der Waals surface area contributed by atoms with Crippen molar-refractivity contribution in [1.29, 1.82) is 5.26 Å². The van der Waals surface area contributed by atoms with Crippen LogP contribution in [0, 0.1) is 11.3 Å². The Morgan fingerprint density at radius 2 is 2.00 bits per heavy atom.